The van der Waals surface area contributed by atoms with Crippen molar-refractivity contribution in [2.75, 3.05) is 0 Å². The second-order valence-corrected chi connectivity index (χ2v) is 14.8. The maximum absolute atomic E-state index is 6.95. The highest BCUT2D eigenvalue weighted by molar-refractivity contribution is 5.91. The van der Waals surface area contributed by atoms with Crippen molar-refractivity contribution in [2.24, 2.45) is 0 Å². The largest absolute Gasteiger partial charge is 0.477 e. The Hall–Kier alpha value is -7.28. The summed E-state index contributed by atoms with van der Waals surface area (Å²) in [7, 11) is 0. The lowest BCUT2D eigenvalue weighted by molar-refractivity contribution is 0.129. The zero-order chi connectivity index (χ0) is 39.5. The molecule has 0 bridgehead atoms. The van der Waals surface area contributed by atoms with Crippen LogP contribution >= 0.6 is 0 Å². The Kier molecular flexibility index (Phi) is 9.84. The Morgan fingerprint density at radius 3 is 2.00 bits per heavy atom. The van der Waals surface area contributed by atoms with Crippen LogP contribution < -0.4 is 4.74 Å². The standard InChI is InChI=1S/C55H42N2O/c1-4-15-38(16-5-2)40-25-31-43(32-26-40)50-37-51(57-54(56-50)45-35-27-41(28-36-45)39-17-8-6-9-18-39)44-33-29-42(30-34-44)47-22-14-24-52-53(47)48-21-12-13-23-49(48)55(3,58-52)46-19-10-7-11-20-46/h1,5,7-8,10-37H,6,9H2,2-3H3/b16-5-,38-15+. The van der Waals surface area contributed by atoms with Gasteiger partial charge in [0.15, 0.2) is 11.4 Å². The van der Waals surface area contributed by atoms with Crippen molar-refractivity contribution >= 4 is 11.1 Å². The number of nitrogens with zero attached hydrogens (tertiary/aromatic N) is 2. The zero-order valence-corrected chi connectivity index (χ0v) is 32.7. The highest BCUT2D eigenvalue weighted by Gasteiger charge is 2.39. The quantitative estimate of drug-likeness (QED) is 0.115. The van der Waals surface area contributed by atoms with E-state index >= 15 is 0 Å². The topological polar surface area (TPSA) is 35.0 Å². The normalized spacial score (nSPS) is 15.9. The Morgan fingerprint density at radius 2 is 1.31 bits per heavy atom. The van der Waals surface area contributed by atoms with Crippen LogP contribution in [0.2, 0.25) is 0 Å². The summed E-state index contributed by atoms with van der Waals surface area (Å²) >= 11 is 0. The van der Waals surface area contributed by atoms with Gasteiger partial charge in [-0.2, -0.15) is 0 Å². The third-order valence-electron chi connectivity index (χ3n) is 11.2. The van der Waals surface area contributed by atoms with Gasteiger partial charge in [0.05, 0.1) is 11.4 Å². The number of aromatic nitrogens is 2. The number of hydrogen-bond donors (Lipinski definition) is 0. The molecule has 278 valence electrons. The number of rotatable bonds is 8. The molecular weight excluding hydrogens is 705 g/mol. The van der Waals surface area contributed by atoms with Crippen molar-refractivity contribution in [3.63, 3.8) is 0 Å². The Bertz CT molecular complexity index is 2800. The minimum atomic E-state index is -0.617. The molecule has 9 rings (SSSR count). The van der Waals surface area contributed by atoms with E-state index in [-0.39, 0.29) is 0 Å². The first kappa shape index (κ1) is 36.4. The average Bonchev–Trinajstić information content (AvgIpc) is 3.29. The van der Waals surface area contributed by atoms with Gasteiger partial charge in [-0.25, -0.2) is 9.97 Å². The van der Waals surface area contributed by atoms with E-state index in [4.69, 9.17) is 21.1 Å². The minimum absolute atomic E-state index is 0.617. The molecule has 2 aliphatic rings. The molecule has 1 aromatic heterocycles. The first-order chi connectivity index (χ1) is 28.5. The summed E-state index contributed by atoms with van der Waals surface area (Å²) < 4.78 is 6.95. The van der Waals surface area contributed by atoms with E-state index in [1.54, 1.807) is 6.08 Å². The summed E-state index contributed by atoms with van der Waals surface area (Å²) in [5, 5.41) is 0. The summed E-state index contributed by atoms with van der Waals surface area (Å²) in [6, 6.07) is 53.3. The summed E-state index contributed by atoms with van der Waals surface area (Å²) in [5.41, 5.74) is 15.3. The SMILES string of the molecule is C#C/C=C(\C=C/C)c1ccc(-c2cc(-c3ccc(-c4cccc5c4-c4ccccc4C(C)(c4ccccc4)O5)cc3)nc(-c3ccc(C4=CCCC=C4)cc3)n2)cc1. The number of ether oxygens (including phenoxy) is 1. The smallest absolute Gasteiger partial charge is 0.160 e. The number of fused-ring (bicyclic) bond motifs is 3. The van der Waals surface area contributed by atoms with Crippen LogP contribution in [-0.4, -0.2) is 9.97 Å². The van der Waals surface area contributed by atoms with Gasteiger partial charge in [-0.05, 0) is 89.4 Å². The van der Waals surface area contributed by atoms with Gasteiger partial charge < -0.3 is 4.74 Å². The first-order valence-corrected chi connectivity index (χ1v) is 19.9. The van der Waals surface area contributed by atoms with E-state index in [2.05, 4.69) is 177 Å². The van der Waals surface area contributed by atoms with Crippen molar-refractivity contribution in [2.45, 2.75) is 32.3 Å². The van der Waals surface area contributed by atoms with E-state index in [0.29, 0.717) is 5.82 Å². The van der Waals surface area contributed by atoms with Crippen molar-refractivity contribution in [3.05, 3.63) is 210 Å². The van der Waals surface area contributed by atoms with Gasteiger partial charge in [-0.1, -0.05) is 176 Å². The predicted octanol–water partition coefficient (Wildman–Crippen LogP) is 13.8. The highest BCUT2D eigenvalue weighted by atomic mass is 16.5. The van der Waals surface area contributed by atoms with Crippen LogP contribution in [0.25, 0.3) is 67.3 Å². The summed E-state index contributed by atoms with van der Waals surface area (Å²) in [5.74, 6) is 4.22. The molecule has 1 atom stereocenters. The number of terminal acetylenes is 1. The molecule has 0 saturated heterocycles. The lowest BCUT2D eigenvalue weighted by Gasteiger charge is -2.39. The van der Waals surface area contributed by atoms with Gasteiger partial charge >= 0.3 is 0 Å². The molecule has 6 aromatic carbocycles. The lowest BCUT2D eigenvalue weighted by atomic mass is 9.79. The van der Waals surface area contributed by atoms with E-state index in [1.165, 1.54) is 16.7 Å². The predicted molar refractivity (Wildman–Crippen MR) is 241 cm³/mol. The molecule has 1 unspecified atom stereocenters. The van der Waals surface area contributed by atoms with Crippen LogP contribution in [0.4, 0.5) is 0 Å². The fraction of sp³-hybridized carbons (Fsp3) is 0.0909. The lowest BCUT2D eigenvalue weighted by Crippen LogP contribution is -2.34. The molecule has 7 aromatic rings. The molecular formula is C55H42N2O. The Morgan fingerprint density at radius 1 is 0.672 bits per heavy atom. The third kappa shape index (κ3) is 6.91. The molecule has 1 aliphatic heterocycles. The van der Waals surface area contributed by atoms with Crippen molar-refractivity contribution < 1.29 is 4.74 Å². The van der Waals surface area contributed by atoms with Crippen LogP contribution in [0.1, 0.15) is 48.9 Å². The van der Waals surface area contributed by atoms with Gasteiger partial charge in [0.2, 0.25) is 0 Å². The van der Waals surface area contributed by atoms with Crippen LogP contribution in [0.3, 0.4) is 0 Å². The molecule has 0 spiro atoms. The van der Waals surface area contributed by atoms with Gasteiger partial charge in [-0.3, -0.25) is 0 Å². The number of benzene rings is 6. The summed E-state index contributed by atoms with van der Waals surface area (Å²) in [4.78, 5) is 10.3. The van der Waals surface area contributed by atoms with Crippen LogP contribution in [0, 0.1) is 12.3 Å². The molecule has 0 N–H and O–H groups in total. The van der Waals surface area contributed by atoms with Gasteiger partial charge in [0.1, 0.15) is 5.75 Å². The first-order valence-electron chi connectivity index (χ1n) is 19.9. The fourth-order valence-electron chi connectivity index (χ4n) is 8.16. The molecule has 0 saturated carbocycles. The van der Waals surface area contributed by atoms with Crippen molar-refractivity contribution in [3.8, 4) is 74.2 Å². The summed E-state index contributed by atoms with van der Waals surface area (Å²) in [6.07, 6.45) is 20.4. The minimum Gasteiger partial charge on any atom is -0.477 e. The zero-order valence-electron chi connectivity index (χ0n) is 32.7. The van der Waals surface area contributed by atoms with Crippen LogP contribution in [0.15, 0.2) is 188 Å². The van der Waals surface area contributed by atoms with Crippen molar-refractivity contribution in [1.29, 1.82) is 0 Å². The van der Waals surface area contributed by atoms with E-state index < -0.39 is 5.60 Å². The maximum atomic E-state index is 6.95. The second-order valence-electron chi connectivity index (χ2n) is 14.8. The van der Waals surface area contributed by atoms with E-state index in [0.717, 1.165) is 85.6 Å². The number of hydrogen-bond acceptors (Lipinski definition) is 3. The Balaban J connectivity index is 1.10. The Labute approximate surface area is 341 Å². The van der Waals surface area contributed by atoms with Gasteiger partial charge in [0.25, 0.3) is 0 Å². The average molecular weight is 747 g/mol. The summed E-state index contributed by atoms with van der Waals surface area (Å²) in [6.45, 7) is 4.16. The molecule has 3 nitrogen and oxygen atoms in total. The molecule has 58 heavy (non-hydrogen) atoms. The van der Waals surface area contributed by atoms with E-state index in [9.17, 15) is 0 Å². The fourth-order valence-corrected chi connectivity index (χ4v) is 8.16. The molecule has 0 fully saturated rings. The maximum Gasteiger partial charge on any atom is 0.160 e. The molecule has 2 heterocycles. The van der Waals surface area contributed by atoms with Gasteiger partial charge in [0, 0.05) is 27.8 Å². The van der Waals surface area contributed by atoms with E-state index in [1.807, 2.05) is 25.1 Å². The van der Waals surface area contributed by atoms with Crippen LogP contribution in [0.5, 0.6) is 5.75 Å². The monoisotopic (exact) mass is 746 g/mol. The number of allylic oxidation sites excluding steroid dienone is 8. The highest BCUT2D eigenvalue weighted by Crippen LogP contribution is 2.51. The van der Waals surface area contributed by atoms with Crippen molar-refractivity contribution in [1.82, 2.24) is 9.97 Å². The third-order valence-corrected chi connectivity index (χ3v) is 11.2. The molecule has 1 aliphatic carbocycles. The van der Waals surface area contributed by atoms with Gasteiger partial charge in [-0.15, -0.1) is 6.42 Å². The van der Waals surface area contributed by atoms with Crippen LogP contribution in [-0.2, 0) is 5.60 Å². The second kappa shape index (κ2) is 15.7. The molecule has 0 amide bonds. The molecule has 0 radical (unpaired) electrons. The molecule has 3 heteroatoms.